The van der Waals surface area contributed by atoms with Crippen LogP contribution in [-0.2, 0) is 14.6 Å². The molecule has 0 bridgehead atoms. The molecular formula is C16H18N2O4S. The average molecular weight is 334 g/mol. The van der Waals surface area contributed by atoms with E-state index < -0.39 is 20.5 Å². The van der Waals surface area contributed by atoms with Crippen LogP contribution in [0.3, 0.4) is 0 Å². The molecular weight excluding hydrogens is 316 g/mol. The number of para-hydroxylation sites is 1. The van der Waals surface area contributed by atoms with Crippen LogP contribution in [0.5, 0.6) is 11.6 Å². The van der Waals surface area contributed by atoms with Crippen LogP contribution >= 0.6 is 0 Å². The number of nitrogens with zero attached hydrogens (tertiary/aromatic N) is 1. The molecule has 1 heterocycles. The van der Waals surface area contributed by atoms with Crippen molar-refractivity contribution in [3.8, 4) is 11.6 Å². The van der Waals surface area contributed by atoms with Gasteiger partial charge in [0, 0.05) is 12.3 Å². The molecule has 0 fully saturated rings. The van der Waals surface area contributed by atoms with Gasteiger partial charge in [-0.15, -0.1) is 0 Å². The van der Waals surface area contributed by atoms with Gasteiger partial charge in [-0.05, 0) is 32.0 Å². The first-order valence-electron chi connectivity index (χ1n) is 6.91. The molecule has 6 nitrogen and oxygen atoms in total. The van der Waals surface area contributed by atoms with Gasteiger partial charge in [-0.25, -0.2) is 8.42 Å². The van der Waals surface area contributed by atoms with Crippen LogP contribution in [0.1, 0.15) is 13.8 Å². The average Bonchev–Trinajstić information content (AvgIpc) is 2.47. The Morgan fingerprint density at radius 3 is 2.35 bits per heavy atom. The van der Waals surface area contributed by atoms with Gasteiger partial charge in [-0.3, -0.25) is 4.79 Å². The maximum Gasteiger partial charge on any atom is 0.246 e. The molecule has 1 aromatic heterocycles. The lowest BCUT2D eigenvalue weighted by atomic mass is 10.2. The van der Waals surface area contributed by atoms with Crippen LogP contribution in [0, 0.1) is 0 Å². The maximum atomic E-state index is 12.2. The zero-order chi connectivity index (χ0) is 17.1. The number of amides is 1. The fraction of sp³-hybridized carbons (Fsp3) is 0.250. The van der Waals surface area contributed by atoms with Gasteiger partial charge in [-0.2, -0.15) is 4.98 Å². The van der Waals surface area contributed by atoms with E-state index >= 15 is 0 Å². The molecule has 2 rings (SSSR count). The Bertz CT molecular complexity index is 802. The lowest BCUT2D eigenvalue weighted by Crippen LogP contribution is -2.44. The molecule has 2 aromatic rings. The Morgan fingerprint density at radius 2 is 1.74 bits per heavy atom. The molecule has 0 spiro atoms. The van der Waals surface area contributed by atoms with Gasteiger partial charge >= 0.3 is 0 Å². The number of benzene rings is 1. The van der Waals surface area contributed by atoms with E-state index in [2.05, 4.69) is 10.3 Å². The van der Waals surface area contributed by atoms with E-state index in [9.17, 15) is 13.2 Å². The summed E-state index contributed by atoms with van der Waals surface area (Å²) in [6, 6.07) is 13.9. The van der Waals surface area contributed by atoms with Crippen molar-refractivity contribution >= 4 is 21.6 Å². The summed E-state index contributed by atoms with van der Waals surface area (Å²) in [5, 5.41) is 2.51. The summed E-state index contributed by atoms with van der Waals surface area (Å²) < 4.78 is 27.4. The van der Waals surface area contributed by atoms with Crippen molar-refractivity contribution in [1.29, 1.82) is 0 Å². The molecule has 1 amide bonds. The van der Waals surface area contributed by atoms with E-state index in [-0.39, 0.29) is 5.82 Å². The second-order valence-corrected chi connectivity index (χ2v) is 8.08. The molecule has 0 saturated carbocycles. The lowest BCUT2D eigenvalue weighted by Gasteiger charge is -2.21. The molecule has 1 N–H and O–H groups in total. The quantitative estimate of drug-likeness (QED) is 0.908. The summed E-state index contributed by atoms with van der Waals surface area (Å²) in [6.07, 6.45) is 1.02. The Balaban J connectivity index is 2.16. The van der Waals surface area contributed by atoms with Gasteiger partial charge in [0.25, 0.3) is 0 Å². The van der Waals surface area contributed by atoms with Gasteiger partial charge in [0.05, 0.1) is 0 Å². The Hall–Kier alpha value is -2.41. The number of pyridine rings is 1. The molecule has 0 radical (unpaired) electrons. The summed E-state index contributed by atoms with van der Waals surface area (Å²) in [5.41, 5.74) is 0. The second kappa shape index (κ2) is 6.37. The number of carbonyl (C=O) groups is 1. The number of aromatic nitrogens is 1. The first-order chi connectivity index (χ1) is 10.7. The van der Waals surface area contributed by atoms with Gasteiger partial charge < -0.3 is 10.1 Å². The standard InChI is InChI=1S/C16H18N2O4S/c1-16(2,23(3,20)21)15(19)18-13-10-7-11-14(17-13)22-12-8-5-4-6-9-12/h4-11H,1-3H3,(H,17,18,19). The van der Waals surface area contributed by atoms with Gasteiger partial charge in [0.2, 0.25) is 11.8 Å². The number of anilines is 1. The highest BCUT2D eigenvalue weighted by molar-refractivity contribution is 7.92. The smallest absolute Gasteiger partial charge is 0.246 e. The molecule has 0 aliphatic rings. The third-order valence-electron chi connectivity index (χ3n) is 3.40. The van der Waals surface area contributed by atoms with E-state index in [0.717, 1.165) is 6.26 Å². The van der Waals surface area contributed by atoms with Crippen molar-refractivity contribution in [2.24, 2.45) is 0 Å². The van der Waals surface area contributed by atoms with Crippen LogP contribution in [-0.4, -0.2) is 30.3 Å². The summed E-state index contributed by atoms with van der Waals surface area (Å²) >= 11 is 0. The molecule has 7 heteroatoms. The third-order valence-corrected chi connectivity index (χ3v) is 5.44. The maximum absolute atomic E-state index is 12.2. The summed E-state index contributed by atoms with van der Waals surface area (Å²) in [7, 11) is -3.55. The van der Waals surface area contributed by atoms with E-state index in [1.54, 1.807) is 30.3 Å². The molecule has 0 unspecified atom stereocenters. The van der Waals surface area contributed by atoms with Gasteiger partial charge in [0.1, 0.15) is 16.3 Å². The first kappa shape index (κ1) is 17.0. The predicted molar refractivity (Wildman–Crippen MR) is 88.3 cm³/mol. The Morgan fingerprint density at radius 1 is 1.09 bits per heavy atom. The summed E-state index contributed by atoms with van der Waals surface area (Å²) in [6.45, 7) is 2.70. The van der Waals surface area contributed by atoms with Crippen molar-refractivity contribution in [3.63, 3.8) is 0 Å². The minimum absolute atomic E-state index is 0.222. The number of hydrogen-bond acceptors (Lipinski definition) is 5. The minimum atomic E-state index is -3.55. The molecule has 0 aliphatic carbocycles. The van der Waals surface area contributed by atoms with Crippen molar-refractivity contribution < 1.29 is 17.9 Å². The highest BCUT2D eigenvalue weighted by Crippen LogP contribution is 2.22. The summed E-state index contributed by atoms with van der Waals surface area (Å²) in [4.78, 5) is 16.3. The van der Waals surface area contributed by atoms with Crippen LogP contribution < -0.4 is 10.1 Å². The molecule has 122 valence electrons. The number of ether oxygens (including phenoxy) is 1. The third kappa shape index (κ3) is 4.07. The number of rotatable bonds is 5. The lowest BCUT2D eigenvalue weighted by molar-refractivity contribution is -0.117. The largest absolute Gasteiger partial charge is 0.439 e. The molecule has 1 aromatic carbocycles. The topological polar surface area (TPSA) is 85.4 Å². The van der Waals surface area contributed by atoms with Crippen molar-refractivity contribution in [2.75, 3.05) is 11.6 Å². The number of carbonyl (C=O) groups excluding carboxylic acids is 1. The van der Waals surface area contributed by atoms with Crippen LogP contribution in [0.4, 0.5) is 5.82 Å². The van der Waals surface area contributed by atoms with Crippen LogP contribution in [0.25, 0.3) is 0 Å². The Kier molecular flexibility index (Phi) is 4.70. The van der Waals surface area contributed by atoms with Crippen LogP contribution in [0.15, 0.2) is 48.5 Å². The zero-order valence-corrected chi connectivity index (χ0v) is 13.9. The number of sulfone groups is 1. The fourth-order valence-electron chi connectivity index (χ4n) is 1.59. The molecule has 0 atom stereocenters. The van der Waals surface area contributed by atoms with Gasteiger partial charge in [-0.1, -0.05) is 24.3 Å². The zero-order valence-electron chi connectivity index (χ0n) is 13.1. The minimum Gasteiger partial charge on any atom is -0.439 e. The van der Waals surface area contributed by atoms with E-state index in [4.69, 9.17) is 4.74 Å². The highest BCUT2D eigenvalue weighted by atomic mass is 32.2. The normalized spacial score (nSPS) is 11.8. The van der Waals surface area contributed by atoms with E-state index in [1.165, 1.54) is 13.8 Å². The SMILES string of the molecule is CC(C)(C(=O)Nc1cccc(Oc2ccccc2)n1)S(C)(=O)=O. The van der Waals surface area contributed by atoms with Gasteiger partial charge in [0.15, 0.2) is 9.84 Å². The second-order valence-electron chi connectivity index (χ2n) is 5.51. The fourth-order valence-corrected chi connectivity index (χ4v) is 1.97. The highest BCUT2D eigenvalue weighted by Gasteiger charge is 2.38. The number of hydrogen-bond donors (Lipinski definition) is 1. The monoisotopic (exact) mass is 334 g/mol. The summed E-state index contributed by atoms with van der Waals surface area (Å²) in [5.74, 6) is 0.482. The van der Waals surface area contributed by atoms with Crippen molar-refractivity contribution in [2.45, 2.75) is 18.6 Å². The van der Waals surface area contributed by atoms with Crippen LogP contribution in [0.2, 0.25) is 0 Å². The van der Waals surface area contributed by atoms with E-state index in [1.807, 2.05) is 18.2 Å². The number of nitrogens with one attached hydrogen (secondary N) is 1. The molecule has 0 saturated heterocycles. The molecule has 0 aliphatic heterocycles. The van der Waals surface area contributed by atoms with Crippen molar-refractivity contribution in [3.05, 3.63) is 48.5 Å². The Labute approximate surface area is 135 Å². The first-order valence-corrected chi connectivity index (χ1v) is 8.80. The van der Waals surface area contributed by atoms with Crippen molar-refractivity contribution in [1.82, 2.24) is 4.98 Å². The predicted octanol–water partition coefficient (Wildman–Crippen LogP) is 2.64. The van der Waals surface area contributed by atoms with E-state index in [0.29, 0.717) is 11.6 Å². The molecule has 23 heavy (non-hydrogen) atoms.